The van der Waals surface area contributed by atoms with Crippen molar-refractivity contribution in [1.82, 2.24) is 5.32 Å². The Labute approximate surface area is 178 Å². The van der Waals surface area contributed by atoms with Crippen LogP contribution < -0.4 is 21.2 Å². The van der Waals surface area contributed by atoms with Crippen LogP contribution in [0, 0.1) is 0 Å². The van der Waals surface area contributed by atoms with E-state index in [1.54, 1.807) is 0 Å². The van der Waals surface area contributed by atoms with Crippen LogP contribution in [-0.4, -0.2) is 12.1 Å². The van der Waals surface area contributed by atoms with Crippen molar-refractivity contribution in [3.05, 3.63) is 127 Å². The molecule has 0 unspecified atom stereocenters. The van der Waals surface area contributed by atoms with Crippen LogP contribution in [0.5, 0.6) is 0 Å². The van der Waals surface area contributed by atoms with Gasteiger partial charge in [0.15, 0.2) is 0 Å². The van der Waals surface area contributed by atoms with E-state index in [-0.39, 0.29) is 5.91 Å². The molecule has 0 aromatic heterocycles. The predicted molar refractivity (Wildman–Crippen MR) is 130 cm³/mol. The molecule has 0 aliphatic heterocycles. The van der Waals surface area contributed by atoms with Crippen LogP contribution in [0.1, 0.15) is 5.56 Å². The Kier molecular flexibility index (Phi) is 6.37. The van der Waals surface area contributed by atoms with Gasteiger partial charge in [-0.15, -0.1) is 0 Å². The van der Waals surface area contributed by atoms with E-state index in [0.29, 0.717) is 12.7 Å². The fourth-order valence-electron chi connectivity index (χ4n) is 4.07. The number of amides is 1. The first-order valence-corrected chi connectivity index (χ1v) is 12.5. The molecular weight excluding hydrogens is 385 g/mol. The molecule has 30 heavy (non-hydrogen) atoms. The maximum atomic E-state index is 13.3. The van der Waals surface area contributed by atoms with Gasteiger partial charge in [-0.05, 0) is 0 Å². The number of hydrogen-bond donors (Lipinski definition) is 1. The monoisotopic (exact) mass is 411 g/mol. The summed E-state index contributed by atoms with van der Waals surface area (Å²) in [7, 11) is -2.54. The summed E-state index contributed by atoms with van der Waals surface area (Å²) in [6, 6.07) is 41.7. The van der Waals surface area contributed by atoms with E-state index in [0.717, 1.165) is 5.56 Å². The molecule has 4 aromatic rings. The van der Waals surface area contributed by atoms with E-state index in [1.165, 1.54) is 15.9 Å². The van der Waals surface area contributed by atoms with E-state index in [4.69, 9.17) is 0 Å². The molecule has 0 aliphatic carbocycles. The van der Waals surface area contributed by atoms with Crippen LogP contribution in [-0.2, 0) is 11.3 Å². The van der Waals surface area contributed by atoms with Gasteiger partial charge in [-0.1, -0.05) is 0 Å². The summed E-state index contributed by atoms with van der Waals surface area (Å²) in [5.74, 6) is 0.0853. The van der Waals surface area contributed by atoms with Crippen LogP contribution >= 0.6 is 7.26 Å². The summed E-state index contributed by atoms with van der Waals surface area (Å²) in [5, 5.41) is 6.90. The Morgan fingerprint density at radius 2 is 0.933 bits per heavy atom. The molecule has 1 amide bonds. The first-order chi connectivity index (χ1) is 14.8. The van der Waals surface area contributed by atoms with Crippen molar-refractivity contribution < 1.29 is 4.79 Å². The molecule has 0 fully saturated rings. The van der Waals surface area contributed by atoms with Crippen molar-refractivity contribution in [3.8, 4) is 0 Å². The predicted octanol–water partition coefficient (Wildman–Crippen LogP) is 4.03. The molecule has 0 bridgehead atoms. The third-order valence-corrected chi connectivity index (χ3v) is 10.4. The van der Waals surface area contributed by atoms with Gasteiger partial charge in [0.1, 0.15) is 0 Å². The fourth-order valence-corrected chi connectivity index (χ4v) is 8.58. The molecule has 0 spiro atoms. The maximum absolute atomic E-state index is 13.3. The van der Waals surface area contributed by atoms with Gasteiger partial charge >= 0.3 is 179 Å². The quantitative estimate of drug-likeness (QED) is 0.457. The molecule has 3 heteroatoms. The standard InChI is InChI=1S/C27H26NOP/c29-27(28-21-23-13-5-1-6-14-23)22-30(24-15-7-2-8-16-24,25-17-9-3-10-18-25)26-19-11-4-12-20-26/h1-20,30H,21-22H2,(H,28,29). The molecule has 0 saturated carbocycles. The van der Waals surface area contributed by atoms with E-state index < -0.39 is 7.26 Å². The van der Waals surface area contributed by atoms with E-state index >= 15 is 0 Å². The van der Waals surface area contributed by atoms with Crippen molar-refractivity contribution in [2.45, 2.75) is 6.54 Å². The molecule has 4 rings (SSSR count). The topological polar surface area (TPSA) is 29.1 Å². The third-order valence-electron chi connectivity index (χ3n) is 5.56. The summed E-state index contributed by atoms with van der Waals surface area (Å²) in [6.07, 6.45) is 0.470. The van der Waals surface area contributed by atoms with Gasteiger partial charge in [0.25, 0.3) is 0 Å². The minimum atomic E-state index is -2.54. The Hall–Kier alpha value is -3.22. The molecular formula is C27H26NOP. The number of hydrogen-bond acceptors (Lipinski definition) is 1. The van der Waals surface area contributed by atoms with Gasteiger partial charge in [0.2, 0.25) is 0 Å². The average Bonchev–Trinajstić information content (AvgIpc) is 2.83. The average molecular weight is 411 g/mol. The van der Waals surface area contributed by atoms with Crippen molar-refractivity contribution in [2.24, 2.45) is 0 Å². The van der Waals surface area contributed by atoms with Crippen molar-refractivity contribution in [1.29, 1.82) is 0 Å². The molecule has 0 saturated heterocycles. The first kappa shape index (κ1) is 20.1. The van der Waals surface area contributed by atoms with Crippen LogP contribution in [0.2, 0.25) is 0 Å². The second kappa shape index (κ2) is 9.52. The third kappa shape index (κ3) is 4.35. The summed E-state index contributed by atoms with van der Waals surface area (Å²) in [5.41, 5.74) is 1.11. The Bertz CT molecular complexity index is 970. The zero-order valence-electron chi connectivity index (χ0n) is 16.9. The summed E-state index contributed by atoms with van der Waals surface area (Å²) < 4.78 is 0. The molecule has 0 radical (unpaired) electrons. The van der Waals surface area contributed by atoms with Gasteiger partial charge in [-0.3, -0.25) is 0 Å². The van der Waals surface area contributed by atoms with Gasteiger partial charge in [0, 0.05) is 0 Å². The van der Waals surface area contributed by atoms with Crippen LogP contribution in [0.15, 0.2) is 121 Å². The normalized spacial score (nSPS) is 11.6. The van der Waals surface area contributed by atoms with E-state index in [1.807, 2.05) is 48.5 Å². The van der Waals surface area contributed by atoms with E-state index in [9.17, 15) is 4.79 Å². The van der Waals surface area contributed by atoms with Gasteiger partial charge in [-0.2, -0.15) is 0 Å². The zero-order valence-corrected chi connectivity index (χ0v) is 17.9. The molecule has 0 aliphatic rings. The molecule has 0 atom stereocenters. The summed E-state index contributed by atoms with van der Waals surface area (Å²) in [6.45, 7) is 0.544. The summed E-state index contributed by atoms with van der Waals surface area (Å²) >= 11 is 0. The molecule has 4 aromatic carbocycles. The SMILES string of the molecule is O=C(C[PH](c1ccccc1)(c1ccccc1)c1ccccc1)NCc1ccccc1. The van der Waals surface area contributed by atoms with Gasteiger partial charge < -0.3 is 0 Å². The van der Waals surface area contributed by atoms with Gasteiger partial charge in [-0.25, -0.2) is 0 Å². The zero-order chi connectivity index (χ0) is 20.7. The Morgan fingerprint density at radius 3 is 1.33 bits per heavy atom. The van der Waals surface area contributed by atoms with Crippen molar-refractivity contribution in [3.63, 3.8) is 0 Å². The van der Waals surface area contributed by atoms with Crippen molar-refractivity contribution in [2.75, 3.05) is 6.16 Å². The van der Waals surface area contributed by atoms with E-state index in [2.05, 4.69) is 78.1 Å². The number of benzene rings is 4. The molecule has 2 nitrogen and oxygen atoms in total. The van der Waals surface area contributed by atoms with Crippen molar-refractivity contribution >= 4 is 29.1 Å². The Morgan fingerprint density at radius 1 is 0.567 bits per heavy atom. The second-order valence-electron chi connectivity index (χ2n) is 7.44. The summed E-state index contributed by atoms with van der Waals surface area (Å²) in [4.78, 5) is 13.3. The molecule has 0 heterocycles. The van der Waals surface area contributed by atoms with Crippen LogP contribution in [0.4, 0.5) is 0 Å². The van der Waals surface area contributed by atoms with Crippen LogP contribution in [0.3, 0.4) is 0 Å². The number of carbonyl (C=O) groups excluding carboxylic acids is 1. The number of rotatable bonds is 7. The Balaban J connectivity index is 1.76. The minimum absolute atomic E-state index is 0.0853. The van der Waals surface area contributed by atoms with Crippen LogP contribution in [0.25, 0.3) is 0 Å². The van der Waals surface area contributed by atoms with Gasteiger partial charge in [0.05, 0.1) is 0 Å². The number of nitrogens with one attached hydrogen (secondary N) is 1. The molecule has 150 valence electrons. The molecule has 1 N–H and O–H groups in total. The fraction of sp³-hybridized carbons (Fsp3) is 0.0741. The first-order valence-electron chi connectivity index (χ1n) is 10.3. The number of carbonyl (C=O) groups is 1. The second-order valence-corrected chi connectivity index (χ2v) is 11.3.